The molecule has 2 aromatic carbocycles. The largest absolute Gasteiger partial charge is 0.506 e. The van der Waals surface area contributed by atoms with Crippen LogP contribution in [0.1, 0.15) is 35.3 Å². The number of carbonyl (C=O) groups is 1. The van der Waals surface area contributed by atoms with Gasteiger partial charge in [0.2, 0.25) is 0 Å². The van der Waals surface area contributed by atoms with E-state index in [1.165, 1.54) is 6.07 Å². The van der Waals surface area contributed by atoms with Crippen molar-refractivity contribution in [2.75, 3.05) is 7.11 Å². The van der Waals surface area contributed by atoms with Crippen LogP contribution in [-0.4, -0.2) is 23.8 Å². The zero-order chi connectivity index (χ0) is 18.6. The molecule has 0 amide bonds. The molecule has 0 unspecified atom stereocenters. The van der Waals surface area contributed by atoms with Crippen LogP contribution < -0.4 is 4.74 Å². The van der Waals surface area contributed by atoms with Gasteiger partial charge in [0.1, 0.15) is 22.7 Å². The second kappa shape index (κ2) is 5.40. The number of benzene rings is 2. The first-order valence-electron chi connectivity index (χ1n) is 7.41. The van der Waals surface area contributed by atoms with E-state index in [-0.39, 0.29) is 27.6 Å². The topological polar surface area (TPSA) is 55.8 Å². The molecule has 1 heterocycles. The van der Waals surface area contributed by atoms with Gasteiger partial charge >= 0.3 is 12.1 Å². The van der Waals surface area contributed by atoms with Crippen LogP contribution in [0.15, 0.2) is 24.3 Å². The lowest BCUT2D eigenvalue weighted by Crippen LogP contribution is -2.28. The Labute approximate surface area is 141 Å². The summed E-state index contributed by atoms with van der Waals surface area (Å²) in [6, 6.07) is 2.94. The molecule has 25 heavy (non-hydrogen) atoms. The number of carbonyl (C=O) groups excluding carboxylic acids is 1. The quantitative estimate of drug-likeness (QED) is 0.766. The third-order valence-electron chi connectivity index (χ3n) is 4.00. The number of aromatic hydroxyl groups is 1. The molecule has 0 spiro atoms. The maximum Gasteiger partial charge on any atom is 0.416 e. The van der Waals surface area contributed by atoms with Crippen LogP contribution in [0.2, 0.25) is 0 Å². The SMILES string of the molecule is COC(=O)c1c2c(c3ccc(C(F)(F)F)cc3c1O)OC(C)(C)C=C2. The Balaban J connectivity index is 2.42. The van der Waals surface area contributed by atoms with E-state index in [2.05, 4.69) is 4.74 Å². The van der Waals surface area contributed by atoms with Gasteiger partial charge < -0.3 is 14.6 Å². The maximum atomic E-state index is 13.0. The minimum absolute atomic E-state index is 0.125. The van der Waals surface area contributed by atoms with Crippen molar-refractivity contribution in [1.82, 2.24) is 0 Å². The predicted molar refractivity (Wildman–Crippen MR) is 85.7 cm³/mol. The van der Waals surface area contributed by atoms with E-state index >= 15 is 0 Å². The highest BCUT2D eigenvalue weighted by Gasteiger charge is 2.34. The summed E-state index contributed by atoms with van der Waals surface area (Å²) in [5.74, 6) is -1.20. The molecule has 0 aliphatic carbocycles. The van der Waals surface area contributed by atoms with Gasteiger partial charge in [-0.3, -0.25) is 0 Å². The standard InChI is InChI=1S/C18H15F3O4/c1-17(2)7-6-11-13(16(23)24-3)14(22)12-8-9(18(19,20)21)4-5-10(12)15(11)25-17/h4-8,22H,1-3H3. The van der Waals surface area contributed by atoms with Gasteiger partial charge in [0.05, 0.1) is 12.7 Å². The van der Waals surface area contributed by atoms with Gasteiger partial charge in [-0.25, -0.2) is 4.79 Å². The van der Waals surface area contributed by atoms with Crippen LogP contribution in [0.4, 0.5) is 13.2 Å². The number of phenols is 1. The molecule has 132 valence electrons. The minimum atomic E-state index is -4.58. The third kappa shape index (κ3) is 2.79. The number of rotatable bonds is 1. The zero-order valence-corrected chi connectivity index (χ0v) is 13.7. The highest BCUT2D eigenvalue weighted by atomic mass is 19.4. The summed E-state index contributed by atoms with van der Waals surface area (Å²) in [4.78, 5) is 12.1. The van der Waals surface area contributed by atoms with E-state index < -0.39 is 29.1 Å². The first-order valence-corrected chi connectivity index (χ1v) is 7.41. The first-order chi connectivity index (χ1) is 11.5. The number of hydrogen-bond acceptors (Lipinski definition) is 4. The van der Waals surface area contributed by atoms with Crippen molar-refractivity contribution in [3.8, 4) is 11.5 Å². The van der Waals surface area contributed by atoms with E-state index in [4.69, 9.17) is 4.74 Å². The zero-order valence-electron chi connectivity index (χ0n) is 13.7. The number of phenolic OH excluding ortho intramolecular Hbond substituents is 1. The molecule has 0 atom stereocenters. The number of ether oxygens (including phenoxy) is 2. The number of fused-ring (bicyclic) bond motifs is 3. The van der Waals surface area contributed by atoms with Crippen molar-refractivity contribution >= 4 is 22.8 Å². The number of alkyl halides is 3. The Morgan fingerprint density at radius 2 is 1.92 bits per heavy atom. The molecule has 0 aromatic heterocycles. The maximum absolute atomic E-state index is 13.0. The minimum Gasteiger partial charge on any atom is -0.506 e. The Bertz CT molecular complexity index is 911. The monoisotopic (exact) mass is 352 g/mol. The molecule has 4 nitrogen and oxygen atoms in total. The first kappa shape index (κ1) is 17.1. The lowest BCUT2D eigenvalue weighted by atomic mass is 9.92. The number of hydrogen-bond donors (Lipinski definition) is 1. The van der Waals surface area contributed by atoms with Gasteiger partial charge in [-0.2, -0.15) is 13.2 Å². The second-order valence-electron chi connectivity index (χ2n) is 6.25. The smallest absolute Gasteiger partial charge is 0.416 e. The summed E-state index contributed by atoms with van der Waals surface area (Å²) in [5.41, 5.74) is -1.60. The predicted octanol–water partition coefficient (Wildman–Crippen LogP) is 4.54. The number of halogens is 3. The lowest BCUT2D eigenvalue weighted by Gasteiger charge is -2.30. The van der Waals surface area contributed by atoms with Gasteiger partial charge in [0, 0.05) is 16.3 Å². The summed E-state index contributed by atoms with van der Waals surface area (Å²) < 4.78 is 49.6. The highest BCUT2D eigenvalue weighted by Crippen LogP contribution is 2.46. The Morgan fingerprint density at radius 3 is 2.52 bits per heavy atom. The van der Waals surface area contributed by atoms with Crippen molar-refractivity contribution in [3.63, 3.8) is 0 Å². The fraction of sp³-hybridized carbons (Fsp3) is 0.278. The van der Waals surface area contributed by atoms with Gasteiger partial charge in [0.15, 0.2) is 0 Å². The molecule has 0 saturated heterocycles. The molecular weight excluding hydrogens is 337 g/mol. The molecule has 7 heteroatoms. The van der Waals surface area contributed by atoms with Crippen molar-refractivity contribution < 1.29 is 32.5 Å². The molecule has 1 aliphatic heterocycles. The molecule has 0 bridgehead atoms. The third-order valence-corrected chi connectivity index (χ3v) is 4.00. The molecule has 0 radical (unpaired) electrons. The van der Waals surface area contributed by atoms with Crippen LogP contribution in [0, 0.1) is 0 Å². The summed E-state index contributed by atoms with van der Waals surface area (Å²) in [6.07, 6.45) is -1.29. The van der Waals surface area contributed by atoms with Gasteiger partial charge in [-0.05, 0) is 38.1 Å². The van der Waals surface area contributed by atoms with Crippen molar-refractivity contribution in [2.45, 2.75) is 25.6 Å². The Hall–Kier alpha value is -2.70. The molecule has 0 fully saturated rings. The Morgan fingerprint density at radius 1 is 1.24 bits per heavy atom. The van der Waals surface area contributed by atoms with E-state index in [1.54, 1.807) is 26.0 Å². The summed E-state index contributed by atoms with van der Waals surface area (Å²) in [6.45, 7) is 3.54. The van der Waals surface area contributed by atoms with Crippen LogP contribution in [0.25, 0.3) is 16.8 Å². The van der Waals surface area contributed by atoms with E-state index in [0.717, 1.165) is 19.2 Å². The van der Waals surface area contributed by atoms with Crippen LogP contribution >= 0.6 is 0 Å². The fourth-order valence-electron chi connectivity index (χ4n) is 2.79. The molecule has 1 N–H and O–H groups in total. The van der Waals surface area contributed by atoms with E-state index in [1.807, 2.05) is 0 Å². The molecule has 2 aromatic rings. The summed E-state index contributed by atoms with van der Waals surface area (Å²) in [7, 11) is 1.13. The van der Waals surface area contributed by atoms with Crippen molar-refractivity contribution in [2.24, 2.45) is 0 Å². The molecule has 1 aliphatic rings. The average molecular weight is 352 g/mol. The second-order valence-corrected chi connectivity index (χ2v) is 6.25. The van der Waals surface area contributed by atoms with Gasteiger partial charge in [-0.15, -0.1) is 0 Å². The normalized spacial score (nSPS) is 15.6. The van der Waals surface area contributed by atoms with Gasteiger partial charge in [0.25, 0.3) is 0 Å². The number of esters is 1. The van der Waals surface area contributed by atoms with Crippen LogP contribution in [0.5, 0.6) is 11.5 Å². The summed E-state index contributed by atoms with van der Waals surface area (Å²) >= 11 is 0. The van der Waals surface area contributed by atoms with Crippen molar-refractivity contribution in [3.05, 3.63) is 41.0 Å². The average Bonchev–Trinajstić information content (AvgIpc) is 2.53. The van der Waals surface area contributed by atoms with E-state index in [9.17, 15) is 23.1 Å². The molecule has 0 saturated carbocycles. The lowest BCUT2D eigenvalue weighted by molar-refractivity contribution is -0.137. The van der Waals surface area contributed by atoms with Crippen LogP contribution in [0.3, 0.4) is 0 Å². The van der Waals surface area contributed by atoms with Crippen molar-refractivity contribution in [1.29, 1.82) is 0 Å². The summed E-state index contributed by atoms with van der Waals surface area (Å²) in [5, 5.41) is 10.6. The fourth-order valence-corrected chi connectivity index (χ4v) is 2.79. The number of methoxy groups -OCH3 is 1. The van der Waals surface area contributed by atoms with Crippen LogP contribution in [-0.2, 0) is 10.9 Å². The van der Waals surface area contributed by atoms with Gasteiger partial charge in [-0.1, -0.05) is 6.08 Å². The molecule has 3 rings (SSSR count). The van der Waals surface area contributed by atoms with E-state index in [0.29, 0.717) is 0 Å². The molecular formula is C18H15F3O4. The highest BCUT2D eigenvalue weighted by molar-refractivity contribution is 6.08. The Kier molecular flexibility index (Phi) is 3.70.